The lowest BCUT2D eigenvalue weighted by Crippen LogP contribution is -1.92. The van der Waals surface area contributed by atoms with Crippen LogP contribution in [-0.4, -0.2) is 0 Å². The van der Waals surface area contributed by atoms with Crippen LogP contribution in [0.2, 0.25) is 0 Å². The van der Waals surface area contributed by atoms with Crippen molar-refractivity contribution in [3.63, 3.8) is 0 Å². The Morgan fingerprint density at radius 3 is 2.41 bits per heavy atom. The Labute approximate surface area is 104 Å². The second kappa shape index (κ2) is 5.01. The lowest BCUT2D eigenvalue weighted by atomic mass is 9.94. The zero-order valence-corrected chi connectivity index (χ0v) is 10.5. The summed E-state index contributed by atoms with van der Waals surface area (Å²) in [7, 11) is 0. The summed E-state index contributed by atoms with van der Waals surface area (Å²) in [4.78, 5) is 0. The molecule has 0 N–H and O–H groups in total. The zero-order chi connectivity index (χ0) is 12.3. The lowest BCUT2D eigenvalue weighted by Gasteiger charge is -2.11. The summed E-state index contributed by atoms with van der Waals surface area (Å²) in [6.45, 7) is 8.55. The number of rotatable bonds is 3. The minimum Gasteiger partial charge on any atom is -0.0905 e. The van der Waals surface area contributed by atoms with Gasteiger partial charge >= 0.3 is 0 Å². The molecule has 0 unspecified atom stereocenters. The van der Waals surface area contributed by atoms with Crippen molar-refractivity contribution >= 4 is 5.57 Å². The predicted molar refractivity (Wildman–Crippen MR) is 75.1 cm³/mol. The molecule has 0 saturated heterocycles. The second-order valence-corrected chi connectivity index (χ2v) is 4.35. The molecule has 0 bridgehead atoms. The Hall–Kier alpha value is -1.82. The van der Waals surface area contributed by atoms with Crippen LogP contribution in [0, 0.1) is 6.92 Å². The molecule has 0 amide bonds. The molecule has 0 atom stereocenters. The highest BCUT2D eigenvalue weighted by molar-refractivity contribution is 5.79. The van der Waals surface area contributed by atoms with Crippen LogP contribution >= 0.6 is 0 Å². The van der Waals surface area contributed by atoms with Gasteiger partial charge in [-0.2, -0.15) is 0 Å². The molecule has 0 radical (unpaired) electrons. The Morgan fingerprint density at radius 1 is 1.06 bits per heavy atom. The molecule has 2 aromatic rings. The first-order chi connectivity index (χ1) is 8.22. The normalized spacial score (nSPS) is 10.2. The van der Waals surface area contributed by atoms with Crippen LogP contribution < -0.4 is 0 Å². The van der Waals surface area contributed by atoms with Crippen molar-refractivity contribution in [2.24, 2.45) is 0 Å². The number of hydrogen-bond acceptors (Lipinski definition) is 0. The highest BCUT2D eigenvalue weighted by Crippen LogP contribution is 2.25. The third kappa shape index (κ3) is 2.47. The van der Waals surface area contributed by atoms with Crippen molar-refractivity contribution in [1.82, 2.24) is 0 Å². The fraction of sp³-hybridized carbons (Fsp3) is 0.176. The summed E-state index contributed by atoms with van der Waals surface area (Å²) in [5.74, 6) is 0. The smallest absolute Gasteiger partial charge is 0.0152 e. The fourth-order valence-corrected chi connectivity index (χ4v) is 2.01. The van der Waals surface area contributed by atoms with Gasteiger partial charge in [-0.05, 0) is 41.2 Å². The van der Waals surface area contributed by atoms with Gasteiger partial charge in [0.05, 0.1) is 0 Å². The second-order valence-electron chi connectivity index (χ2n) is 4.35. The molecule has 0 heterocycles. The molecule has 2 aromatic carbocycles. The van der Waals surface area contributed by atoms with Gasteiger partial charge in [0, 0.05) is 0 Å². The molecular weight excluding hydrogens is 204 g/mol. The first-order valence-corrected chi connectivity index (χ1v) is 6.06. The van der Waals surface area contributed by atoms with E-state index in [0.717, 1.165) is 12.0 Å². The molecule has 0 aliphatic rings. The van der Waals surface area contributed by atoms with Crippen LogP contribution in [0.4, 0.5) is 0 Å². The first-order valence-electron chi connectivity index (χ1n) is 6.06. The van der Waals surface area contributed by atoms with Gasteiger partial charge in [-0.3, -0.25) is 0 Å². The topological polar surface area (TPSA) is 0 Å². The summed E-state index contributed by atoms with van der Waals surface area (Å²) in [5.41, 5.74) is 6.22. The maximum Gasteiger partial charge on any atom is -0.0152 e. The molecule has 2 rings (SSSR count). The largest absolute Gasteiger partial charge is 0.0905 e. The van der Waals surface area contributed by atoms with Crippen molar-refractivity contribution in [3.8, 4) is 0 Å². The number of hydrogen-bond donors (Lipinski definition) is 0. The minimum absolute atomic E-state index is 1.06. The van der Waals surface area contributed by atoms with Gasteiger partial charge in [0.1, 0.15) is 0 Å². The van der Waals surface area contributed by atoms with Gasteiger partial charge in [-0.25, -0.2) is 0 Å². The van der Waals surface area contributed by atoms with E-state index in [1.54, 1.807) is 0 Å². The summed E-state index contributed by atoms with van der Waals surface area (Å²) >= 11 is 0. The van der Waals surface area contributed by atoms with Crippen LogP contribution in [0.1, 0.15) is 29.2 Å². The SMILES string of the molecule is C=C(c1ccccc1)c1cc(CC)ccc1C. The van der Waals surface area contributed by atoms with Gasteiger partial charge in [-0.1, -0.05) is 62.0 Å². The first kappa shape index (κ1) is 11.7. The van der Waals surface area contributed by atoms with E-state index in [4.69, 9.17) is 0 Å². The summed E-state index contributed by atoms with van der Waals surface area (Å²) < 4.78 is 0. The maximum atomic E-state index is 4.23. The van der Waals surface area contributed by atoms with Gasteiger partial charge in [0.25, 0.3) is 0 Å². The Bertz CT molecular complexity index is 521. The predicted octanol–water partition coefficient (Wildman–Crippen LogP) is 4.62. The molecule has 0 aliphatic heterocycles. The van der Waals surface area contributed by atoms with E-state index >= 15 is 0 Å². The molecular formula is C17H18. The van der Waals surface area contributed by atoms with E-state index in [9.17, 15) is 0 Å². The average Bonchev–Trinajstić information content (AvgIpc) is 2.39. The molecule has 17 heavy (non-hydrogen) atoms. The maximum absolute atomic E-state index is 4.23. The van der Waals surface area contributed by atoms with Crippen molar-refractivity contribution in [3.05, 3.63) is 77.4 Å². The molecule has 0 spiro atoms. The van der Waals surface area contributed by atoms with Crippen molar-refractivity contribution < 1.29 is 0 Å². The third-order valence-electron chi connectivity index (χ3n) is 3.16. The van der Waals surface area contributed by atoms with E-state index in [1.807, 2.05) is 6.07 Å². The molecule has 0 fully saturated rings. The fourth-order valence-electron chi connectivity index (χ4n) is 2.01. The van der Waals surface area contributed by atoms with E-state index in [-0.39, 0.29) is 0 Å². The van der Waals surface area contributed by atoms with Gasteiger partial charge in [0.2, 0.25) is 0 Å². The van der Waals surface area contributed by atoms with E-state index < -0.39 is 0 Å². The standard InChI is InChI=1S/C17H18/c1-4-15-11-10-13(2)17(12-15)14(3)16-8-6-5-7-9-16/h5-12H,3-4H2,1-2H3. The molecule has 0 saturated carbocycles. The van der Waals surface area contributed by atoms with Crippen molar-refractivity contribution in [2.75, 3.05) is 0 Å². The molecule has 0 heteroatoms. The monoisotopic (exact) mass is 222 g/mol. The summed E-state index contributed by atoms with van der Waals surface area (Å²) in [6, 6.07) is 17.0. The molecule has 0 aliphatic carbocycles. The van der Waals surface area contributed by atoms with Crippen LogP contribution in [0.3, 0.4) is 0 Å². The third-order valence-corrected chi connectivity index (χ3v) is 3.16. The van der Waals surface area contributed by atoms with Crippen molar-refractivity contribution in [2.45, 2.75) is 20.3 Å². The minimum atomic E-state index is 1.06. The summed E-state index contributed by atoms with van der Waals surface area (Å²) in [6.07, 6.45) is 1.06. The lowest BCUT2D eigenvalue weighted by molar-refractivity contribution is 1.13. The molecule has 0 aromatic heterocycles. The Kier molecular flexibility index (Phi) is 3.43. The average molecular weight is 222 g/mol. The van der Waals surface area contributed by atoms with Gasteiger partial charge in [0.15, 0.2) is 0 Å². The Balaban J connectivity index is 2.44. The molecule has 86 valence electrons. The number of benzene rings is 2. The highest BCUT2D eigenvalue weighted by Gasteiger charge is 2.05. The summed E-state index contributed by atoms with van der Waals surface area (Å²) in [5, 5.41) is 0. The van der Waals surface area contributed by atoms with Crippen LogP contribution in [0.5, 0.6) is 0 Å². The van der Waals surface area contributed by atoms with E-state index in [0.29, 0.717) is 0 Å². The molecule has 0 nitrogen and oxygen atoms in total. The number of aryl methyl sites for hydroxylation is 2. The van der Waals surface area contributed by atoms with Gasteiger partial charge < -0.3 is 0 Å². The Morgan fingerprint density at radius 2 is 1.76 bits per heavy atom. The highest BCUT2D eigenvalue weighted by atomic mass is 14.1. The van der Waals surface area contributed by atoms with Gasteiger partial charge in [-0.15, -0.1) is 0 Å². The van der Waals surface area contributed by atoms with Crippen LogP contribution in [0.15, 0.2) is 55.1 Å². The zero-order valence-electron chi connectivity index (χ0n) is 10.5. The van der Waals surface area contributed by atoms with E-state index in [2.05, 4.69) is 62.9 Å². The van der Waals surface area contributed by atoms with E-state index in [1.165, 1.54) is 22.3 Å². The van der Waals surface area contributed by atoms with Crippen LogP contribution in [0.25, 0.3) is 5.57 Å². The quantitative estimate of drug-likeness (QED) is 0.711. The van der Waals surface area contributed by atoms with Crippen LogP contribution in [-0.2, 0) is 6.42 Å². The van der Waals surface area contributed by atoms with Crippen molar-refractivity contribution in [1.29, 1.82) is 0 Å².